The number of carboxylic acid groups (broad SMARTS) is 1. The van der Waals surface area contributed by atoms with Gasteiger partial charge in [-0.15, -0.1) is 10.2 Å². The molecular weight excluding hydrogens is 236 g/mol. The molecule has 3 aromatic rings. The van der Waals surface area contributed by atoms with Gasteiger partial charge in [-0.25, -0.2) is 4.79 Å². The SMILES string of the molecule is Cc1nnc(-c2ccc3occ(C(=O)O)c3c2)o1. The van der Waals surface area contributed by atoms with Crippen molar-refractivity contribution in [1.82, 2.24) is 10.2 Å². The van der Waals surface area contributed by atoms with Crippen molar-refractivity contribution in [2.24, 2.45) is 0 Å². The number of benzene rings is 1. The predicted molar refractivity (Wildman–Crippen MR) is 61.2 cm³/mol. The molecule has 6 heteroatoms. The average molecular weight is 244 g/mol. The molecular formula is C12H8N2O4. The standard InChI is InChI=1S/C12H8N2O4/c1-6-13-14-11(18-6)7-2-3-10-8(4-7)9(5-17-10)12(15)16/h2-5H,1H3,(H,15,16). The van der Waals surface area contributed by atoms with Gasteiger partial charge in [0.1, 0.15) is 17.4 Å². The molecule has 0 saturated heterocycles. The lowest BCUT2D eigenvalue weighted by atomic mass is 10.1. The molecule has 0 atom stereocenters. The Balaban J connectivity index is 2.20. The molecule has 0 amide bonds. The van der Waals surface area contributed by atoms with E-state index >= 15 is 0 Å². The van der Waals surface area contributed by atoms with Crippen LogP contribution in [0.4, 0.5) is 0 Å². The van der Waals surface area contributed by atoms with Gasteiger partial charge in [0.25, 0.3) is 0 Å². The van der Waals surface area contributed by atoms with Crippen LogP contribution in [0.5, 0.6) is 0 Å². The molecule has 2 aromatic heterocycles. The van der Waals surface area contributed by atoms with Gasteiger partial charge in [-0.2, -0.15) is 0 Å². The highest BCUT2D eigenvalue weighted by Gasteiger charge is 2.14. The van der Waals surface area contributed by atoms with E-state index in [1.165, 1.54) is 6.26 Å². The lowest BCUT2D eigenvalue weighted by Crippen LogP contribution is -1.93. The van der Waals surface area contributed by atoms with E-state index in [2.05, 4.69) is 10.2 Å². The van der Waals surface area contributed by atoms with Gasteiger partial charge in [-0.1, -0.05) is 0 Å². The molecule has 0 unspecified atom stereocenters. The summed E-state index contributed by atoms with van der Waals surface area (Å²) >= 11 is 0. The van der Waals surface area contributed by atoms with Gasteiger partial charge in [0.15, 0.2) is 0 Å². The van der Waals surface area contributed by atoms with Gasteiger partial charge in [0.05, 0.1) is 0 Å². The molecule has 2 heterocycles. The fourth-order valence-electron chi connectivity index (χ4n) is 1.74. The zero-order chi connectivity index (χ0) is 12.7. The highest BCUT2D eigenvalue weighted by Crippen LogP contribution is 2.27. The number of aryl methyl sites for hydroxylation is 1. The molecule has 6 nitrogen and oxygen atoms in total. The normalized spacial score (nSPS) is 10.9. The Kier molecular flexibility index (Phi) is 2.16. The molecule has 90 valence electrons. The zero-order valence-corrected chi connectivity index (χ0v) is 9.38. The molecule has 3 rings (SSSR count). The molecule has 0 radical (unpaired) electrons. The Morgan fingerprint density at radius 1 is 1.33 bits per heavy atom. The first-order chi connectivity index (χ1) is 8.65. The minimum Gasteiger partial charge on any atom is -0.478 e. The van der Waals surface area contributed by atoms with E-state index in [0.717, 1.165) is 0 Å². The summed E-state index contributed by atoms with van der Waals surface area (Å²) in [5.41, 5.74) is 1.28. The summed E-state index contributed by atoms with van der Waals surface area (Å²) < 4.78 is 10.5. The number of carbonyl (C=O) groups is 1. The van der Waals surface area contributed by atoms with E-state index in [0.29, 0.717) is 28.3 Å². The average Bonchev–Trinajstić information content (AvgIpc) is 2.93. The second-order valence-electron chi connectivity index (χ2n) is 3.79. The van der Waals surface area contributed by atoms with Crippen molar-refractivity contribution in [3.8, 4) is 11.5 Å². The van der Waals surface area contributed by atoms with Crippen molar-refractivity contribution < 1.29 is 18.7 Å². The van der Waals surface area contributed by atoms with Crippen molar-refractivity contribution >= 4 is 16.9 Å². The number of carboxylic acids is 1. The van der Waals surface area contributed by atoms with Gasteiger partial charge in [-0.05, 0) is 18.2 Å². The van der Waals surface area contributed by atoms with Crippen LogP contribution in [0.15, 0.2) is 33.3 Å². The van der Waals surface area contributed by atoms with Crippen molar-refractivity contribution in [2.75, 3.05) is 0 Å². The van der Waals surface area contributed by atoms with Crippen molar-refractivity contribution in [3.05, 3.63) is 35.9 Å². The fraction of sp³-hybridized carbons (Fsp3) is 0.0833. The molecule has 1 aromatic carbocycles. The number of hydrogen-bond acceptors (Lipinski definition) is 5. The van der Waals surface area contributed by atoms with Crippen LogP contribution in [0.3, 0.4) is 0 Å². The number of aromatic carboxylic acids is 1. The van der Waals surface area contributed by atoms with Crippen molar-refractivity contribution in [1.29, 1.82) is 0 Å². The molecule has 18 heavy (non-hydrogen) atoms. The summed E-state index contributed by atoms with van der Waals surface area (Å²) in [6, 6.07) is 5.08. The van der Waals surface area contributed by atoms with Gasteiger partial charge in [0.2, 0.25) is 11.8 Å². The summed E-state index contributed by atoms with van der Waals surface area (Å²) in [7, 11) is 0. The molecule has 1 N–H and O–H groups in total. The molecule has 0 spiro atoms. The van der Waals surface area contributed by atoms with Crippen LogP contribution < -0.4 is 0 Å². The second kappa shape index (κ2) is 3.69. The number of aromatic nitrogens is 2. The van der Waals surface area contributed by atoms with E-state index in [1.54, 1.807) is 25.1 Å². The summed E-state index contributed by atoms with van der Waals surface area (Å²) in [5, 5.41) is 17.2. The van der Waals surface area contributed by atoms with Crippen molar-refractivity contribution in [3.63, 3.8) is 0 Å². The van der Waals surface area contributed by atoms with E-state index < -0.39 is 5.97 Å². The van der Waals surface area contributed by atoms with Crippen LogP contribution in [0.2, 0.25) is 0 Å². The van der Waals surface area contributed by atoms with Crippen LogP contribution in [0.1, 0.15) is 16.2 Å². The quantitative estimate of drug-likeness (QED) is 0.744. The highest BCUT2D eigenvalue weighted by atomic mass is 16.4. The van der Waals surface area contributed by atoms with E-state index in [9.17, 15) is 4.79 Å². The Morgan fingerprint density at radius 2 is 2.17 bits per heavy atom. The smallest absolute Gasteiger partial charge is 0.339 e. The molecule has 0 saturated carbocycles. The third-order valence-electron chi connectivity index (χ3n) is 2.58. The number of hydrogen-bond donors (Lipinski definition) is 1. The summed E-state index contributed by atoms with van der Waals surface area (Å²) in [4.78, 5) is 11.0. The summed E-state index contributed by atoms with van der Waals surface area (Å²) in [6.07, 6.45) is 1.22. The number of fused-ring (bicyclic) bond motifs is 1. The summed E-state index contributed by atoms with van der Waals surface area (Å²) in [6.45, 7) is 1.69. The van der Waals surface area contributed by atoms with Crippen LogP contribution in [0, 0.1) is 6.92 Å². The monoisotopic (exact) mass is 244 g/mol. The molecule has 0 fully saturated rings. The lowest BCUT2D eigenvalue weighted by molar-refractivity contribution is 0.0698. The maximum Gasteiger partial charge on any atom is 0.339 e. The van der Waals surface area contributed by atoms with Crippen LogP contribution in [-0.4, -0.2) is 21.3 Å². The first-order valence-electron chi connectivity index (χ1n) is 5.20. The first kappa shape index (κ1) is 10.5. The van der Waals surface area contributed by atoms with Crippen LogP contribution >= 0.6 is 0 Å². The molecule has 0 aliphatic carbocycles. The van der Waals surface area contributed by atoms with Crippen LogP contribution in [0.25, 0.3) is 22.4 Å². The minimum atomic E-state index is -1.03. The van der Waals surface area contributed by atoms with Gasteiger partial charge >= 0.3 is 5.97 Å². The lowest BCUT2D eigenvalue weighted by Gasteiger charge is -1.95. The molecule has 0 bridgehead atoms. The molecule has 0 aliphatic rings. The molecule has 0 aliphatic heterocycles. The van der Waals surface area contributed by atoms with E-state index in [4.69, 9.17) is 13.9 Å². The summed E-state index contributed by atoms with van der Waals surface area (Å²) in [5.74, 6) is -0.227. The van der Waals surface area contributed by atoms with E-state index in [1.807, 2.05) is 0 Å². The second-order valence-corrected chi connectivity index (χ2v) is 3.79. The third-order valence-corrected chi connectivity index (χ3v) is 2.58. The fourth-order valence-corrected chi connectivity index (χ4v) is 1.74. The van der Waals surface area contributed by atoms with E-state index in [-0.39, 0.29) is 5.56 Å². The minimum absolute atomic E-state index is 0.114. The predicted octanol–water partition coefficient (Wildman–Crippen LogP) is 2.49. The van der Waals surface area contributed by atoms with Gasteiger partial charge < -0.3 is 13.9 Å². The number of nitrogens with zero attached hydrogens (tertiary/aromatic N) is 2. The largest absolute Gasteiger partial charge is 0.478 e. The Morgan fingerprint density at radius 3 is 2.83 bits per heavy atom. The maximum absolute atomic E-state index is 11.0. The van der Waals surface area contributed by atoms with Crippen LogP contribution in [-0.2, 0) is 0 Å². The maximum atomic E-state index is 11.0. The van der Waals surface area contributed by atoms with Gasteiger partial charge in [-0.3, -0.25) is 0 Å². The zero-order valence-electron chi connectivity index (χ0n) is 9.38. The third kappa shape index (κ3) is 1.55. The number of furan rings is 1. The van der Waals surface area contributed by atoms with Gasteiger partial charge in [0, 0.05) is 17.9 Å². The Hall–Kier alpha value is -2.63. The Bertz CT molecular complexity index is 741. The van der Waals surface area contributed by atoms with Crippen molar-refractivity contribution in [2.45, 2.75) is 6.92 Å². The Labute approximate surface area is 101 Å². The number of rotatable bonds is 2. The topological polar surface area (TPSA) is 89.4 Å². The first-order valence-corrected chi connectivity index (χ1v) is 5.20. The highest BCUT2D eigenvalue weighted by molar-refractivity contribution is 6.03.